The molecular weight excluding hydrogens is 304 g/mol. The van der Waals surface area contributed by atoms with Gasteiger partial charge in [0.2, 0.25) is 0 Å². The maximum absolute atomic E-state index is 6.06. The number of thiazole rings is 1. The van der Waals surface area contributed by atoms with Crippen molar-refractivity contribution < 1.29 is 4.74 Å². The number of nitrogens with one attached hydrogen (secondary N) is 1. The van der Waals surface area contributed by atoms with Gasteiger partial charge in [0.1, 0.15) is 15.8 Å². The summed E-state index contributed by atoms with van der Waals surface area (Å²) >= 11 is 3.04. The van der Waals surface area contributed by atoms with Gasteiger partial charge in [0.25, 0.3) is 0 Å². The SMILES string of the molecule is Cc1csc(-c2c(N)nsc2NC2CCOC2C2CC2)n1. The van der Waals surface area contributed by atoms with Crippen molar-refractivity contribution in [3.8, 4) is 10.6 Å². The number of nitrogen functional groups attached to an aromatic ring is 1. The van der Waals surface area contributed by atoms with E-state index in [-0.39, 0.29) is 0 Å². The lowest BCUT2D eigenvalue weighted by atomic mass is 10.1. The van der Waals surface area contributed by atoms with E-state index in [1.54, 1.807) is 11.3 Å². The minimum absolute atomic E-state index is 0.346. The van der Waals surface area contributed by atoms with E-state index in [0.717, 1.165) is 40.2 Å². The Kier molecular flexibility index (Phi) is 3.35. The third-order valence-electron chi connectivity index (χ3n) is 4.09. The molecule has 2 aromatic rings. The van der Waals surface area contributed by atoms with Gasteiger partial charge in [-0.15, -0.1) is 11.3 Å². The zero-order valence-electron chi connectivity index (χ0n) is 11.8. The maximum Gasteiger partial charge on any atom is 0.149 e. The first kappa shape index (κ1) is 13.5. The van der Waals surface area contributed by atoms with Gasteiger partial charge in [-0.05, 0) is 43.6 Å². The number of aromatic nitrogens is 2. The van der Waals surface area contributed by atoms with E-state index in [1.165, 1.54) is 24.4 Å². The molecule has 2 aromatic heterocycles. The summed E-state index contributed by atoms with van der Waals surface area (Å²) in [5.41, 5.74) is 8.04. The predicted molar refractivity (Wildman–Crippen MR) is 86.9 cm³/mol. The van der Waals surface area contributed by atoms with Crippen LogP contribution in [-0.4, -0.2) is 28.1 Å². The van der Waals surface area contributed by atoms with Crippen molar-refractivity contribution >= 4 is 33.7 Å². The first-order chi connectivity index (χ1) is 10.2. The van der Waals surface area contributed by atoms with Crippen LogP contribution >= 0.6 is 22.9 Å². The molecule has 1 saturated carbocycles. The lowest BCUT2D eigenvalue weighted by Gasteiger charge is -2.19. The van der Waals surface area contributed by atoms with Gasteiger partial charge in [0.15, 0.2) is 0 Å². The van der Waals surface area contributed by atoms with Crippen molar-refractivity contribution in [3.63, 3.8) is 0 Å². The van der Waals surface area contributed by atoms with Crippen LogP contribution in [0.5, 0.6) is 0 Å². The van der Waals surface area contributed by atoms with Crippen LogP contribution in [0.25, 0.3) is 10.6 Å². The Morgan fingerprint density at radius 3 is 2.95 bits per heavy atom. The third-order valence-corrected chi connectivity index (χ3v) is 5.86. The fourth-order valence-corrected chi connectivity index (χ4v) is 4.60. The second-order valence-corrected chi connectivity index (χ2v) is 7.41. The lowest BCUT2D eigenvalue weighted by molar-refractivity contribution is 0.0899. The minimum atomic E-state index is 0.346. The van der Waals surface area contributed by atoms with E-state index in [2.05, 4.69) is 14.7 Å². The van der Waals surface area contributed by atoms with E-state index < -0.39 is 0 Å². The van der Waals surface area contributed by atoms with Crippen molar-refractivity contribution in [2.45, 2.75) is 38.3 Å². The first-order valence-corrected chi connectivity index (χ1v) is 8.93. The van der Waals surface area contributed by atoms with Gasteiger partial charge in [0.05, 0.1) is 17.7 Å². The molecule has 3 heterocycles. The highest BCUT2D eigenvalue weighted by atomic mass is 32.1. The van der Waals surface area contributed by atoms with Crippen molar-refractivity contribution in [3.05, 3.63) is 11.1 Å². The molecular formula is C14H18N4OS2. The number of hydrogen-bond donors (Lipinski definition) is 2. The molecule has 2 aliphatic rings. The molecule has 2 fully saturated rings. The normalized spacial score (nSPS) is 25.4. The smallest absolute Gasteiger partial charge is 0.149 e. The Morgan fingerprint density at radius 2 is 2.24 bits per heavy atom. The Hall–Kier alpha value is -1.18. The number of anilines is 2. The highest BCUT2D eigenvalue weighted by Gasteiger charge is 2.41. The summed E-state index contributed by atoms with van der Waals surface area (Å²) < 4.78 is 10.2. The molecule has 0 spiro atoms. The molecule has 1 aliphatic heterocycles. The number of nitrogens with two attached hydrogens (primary N) is 1. The van der Waals surface area contributed by atoms with Crippen LogP contribution in [0.2, 0.25) is 0 Å². The van der Waals surface area contributed by atoms with Crippen LogP contribution in [0.1, 0.15) is 25.0 Å². The van der Waals surface area contributed by atoms with Crippen LogP contribution in [-0.2, 0) is 4.74 Å². The van der Waals surface area contributed by atoms with Crippen LogP contribution in [0.3, 0.4) is 0 Å². The average Bonchev–Trinajstić information content (AvgIpc) is 2.87. The van der Waals surface area contributed by atoms with Crippen molar-refractivity contribution in [1.29, 1.82) is 0 Å². The van der Waals surface area contributed by atoms with E-state index in [1.807, 2.05) is 12.3 Å². The summed E-state index contributed by atoms with van der Waals surface area (Å²) in [5.74, 6) is 1.31. The number of rotatable bonds is 4. The zero-order chi connectivity index (χ0) is 14.4. The van der Waals surface area contributed by atoms with Crippen LogP contribution in [0.4, 0.5) is 10.8 Å². The predicted octanol–water partition coefficient (Wildman–Crippen LogP) is 3.14. The monoisotopic (exact) mass is 322 g/mol. The summed E-state index contributed by atoms with van der Waals surface area (Å²) in [5, 5.41) is 7.65. The highest BCUT2D eigenvalue weighted by Crippen LogP contribution is 2.43. The van der Waals surface area contributed by atoms with Gasteiger partial charge in [-0.1, -0.05) is 0 Å². The standard InChI is InChI=1S/C14H18N4OS2/c1-7-6-20-13(16-7)10-12(15)18-21-14(10)17-9-4-5-19-11(9)8-2-3-8/h6,8-9,11,17H,2-5H2,1H3,(H2,15,18). The minimum Gasteiger partial charge on any atom is -0.382 e. The lowest BCUT2D eigenvalue weighted by Crippen LogP contribution is -2.30. The van der Waals surface area contributed by atoms with E-state index >= 15 is 0 Å². The average molecular weight is 322 g/mol. The molecule has 0 bridgehead atoms. The molecule has 4 rings (SSSR count). The number of hydrogen-bond acceptors (Lipinski definition) is 7. The van der Waals surface area contributed by atoms with Gasteiger partial charge in [-0.25, -0.2) is 4.98 Å². The number of ether oxygens (including phenoxy) is 1. The van der Waals surface area contributed by atoms with Gasteiger partial charge in [0, 0.05) is 17.7 Å². The Bertz CT molecular complexity index is 649. The summed E-state index contributed by atoms with van der Waals surface area (Å²) in [6, 6.07) is 0.372. The van der Waals surface area contributed by atoms with Crippen LogP contribution in [0, 0.1) is 12.8 Å². The quantitative estimate of drug-likeness (QED) is 0.904. The molecule has 5 nitrogen and oxygen atoms in total. The molecule has 7 heteroatoms. The Labute approximate surface area is 131 Å². The van der Waals surface area contributed by atoms with E-state index in [0.29, 0.717) is 18.0 Å². The Morgan fingerprint density at radius 1 is 1.38 bits per heavy atom. The zero-order valence-corrected chi connectivity index (χ0v) is 13.5. The molecule has 2 atom stereocenters. The summed E-state index contributed by atoms with van der Waals surface area (Å²) in [6.45, 7) is 2.84. The summed E-state index contributed by atoms with van der Waals surface area (Å²) in [4.78, 5) is 4.55. The largest absolute Gasteiger partial charge is 0.382 e. The number of nitrogens with zero attached hydrogens (tertiary/aromatic N) is 2. The van der Waals surface area contributed by atoms with Crippen LogP contribution < -0.4 is 11.1 Å². The molecule has 112 valence electrons. The summed E-state index contributed by atoms with van der Waals surface area (Å²) in [7, 11) is 0. The molecule has 3 N–H and O–H groups in total. The van der Waals surface area contributed by atoms with Crippen molar-refractivity contribution in [1.82, 2.24) is 9.36 Å². The van der Waals surface area contributed by atoms with Gasteiger partial charge in [-0.3, -0.25) is 0 Å². The van der Waals surface area contributed by atoms with Crippen molar-refractivity contribution in [2.75, 3.05) is 17.7 Å². The molecule has 21 heavy (non-hydrogen) atoms. The Balaban J connectivity index is 1.60. The van der Waals surface area contributed by atoms with Gasteiger partial charge >= 0.3 is 0 Å². The van der Waals surface area contributed by atoms with Crippen LogP contribution in [0.15, 0.2) is 5.38 Å². The van der Waals surface area contributed by atoms with Gasteiger partial charge in [-0.2, -0.15) is 4.37 Å². The molecule has 2 unspecified atom stereocenters. The highest BCUT2D eigenvalue weighted by molar-refractivity contribution is 7.15. The molecule has 0 aromatic carbocycles. The van der Waals surface area contributed by atoms with Gasteiger partial charge < -0.3 is 15.8 Å². The molecule has 0 radical (unpaired) electrons. The fourth-order valence-electron chi connectivity index (χ4n) is 2.90. The van der Waals surface area contributed by atoms with E-state index in [9.17, 15) is 0 Å². The second kappa shape index (κ2) is 5.23. The fraction of sp³-hybridized carbons (Fsp3) is 0.571. The molecule has 1 aliphatic carbocycles. The summed E-state index contributed by atoms with van der Waals surface area (Å²) in [6.07, 6.45) is 3.99. The molecule has 1 saturated heterocycles. The second-order valence-electron chi connectivity index (χ2n) is 5.78. The molecule has 0 amide bonds. The van der Waals surface area contributed by atoms with E-state index in [4.69, 9.17) is 10.5 Å². The third kappa shape index (κ3) is 2.54. The first-order valence-electron chi connectivity index (χ1n) is 7.28. The maximum atomic E-state index is 6.06. The van der Waals surface area contributed by atoms with Crippen molar-refractivity contribution in [2.24, 2.45) is 5.92 Å². The number of aryl methyl sites for hydroxylation is 1. The topological polar surface area (TPSA) is 73.1 Å².